The summed E-state index contributed by atoms with van der Waals surface area (Å²) in [5.74, 6) is -2.34. The number of carboxylic acid groups (broad SMARTS) is 1. The van der Waals surface area contributed by atoms with Crippen LogP contribution >= 0.6 is 0 Å². The summed E-state index contributed by atoms with van der Waals surface area (Å²) >= 11 is 0. The number of hydrogen-bond acceptors (Lipinski definition) is 3. The van der Waals surface area contributed by atoms with Gasteiger partial charge in [-0.2, -0.15) is 0 Å². The maximum absolute atomic E-state index is 12.1. The quantitative estimate of drug-likeness (QED) is 0.752. The van der Waals surface area contributed by atoms with Crippen LogP contribution in [0.15, 0.2) is 12.2 Å². The Balaban J connectivity index is 1.93. The molecule has 2 aliphatic carbocycles. The minimum absolute atomic E-state index is 0.111. The predicted octanol–water partition coefficient (Wildman–Crippen LogP) is 0.768. The average molecular weight is 250 g/mol. The molecule has 0 aromatic carbocycles. The van der Waals surface area contributed by atoms with E-state index in [1.54, 1.807) is 0 Å². The molecule has 100 valence electrons. The van der Waals surface area contributed by atoms with Gasteiger partial charge in [0.05, 0.1) is 0 Å². The fourth-order valence-electron chi connectivity index (χ4n) is 2.92. The first-order chi connectivity index (χ1) is 8.68. The lowest BCUT2D eigenvalue weighted by atomic mass is 9.82. The summed E-state index contributed by atoms with van der Waals surface area (Å²) in [7, 11) is 0. The van der Waals surface area contributed by atoms with E-state index in [0.717, 1.165) is 25.7 Å². The number of amides is 1. The molecule has 0 aromatic heterocycles. The second-order valence-electron chi connectivity index (χ2n) is 5.32. The molecule has 0 aromatic rings. The third-order valence-electron chi connectivity index (χ3n) is 4.02. The Labute approximate surface area is 107 Å². The van der Waals surface area contributed by atoms with E-state index in [2.05, 4.69) is 5.32 Å². The number of carboxylic acids is 1. The normalized spacial score (nSPS) is 28.9. The highest BCUT2D eigenvalue weighted by Crippen LogP contribution is 2.26. The summed E-state index contributed by atoms with van der Waals surface area (Å²) in [6, 6.07) is 0.236. The van der Waals surface area contributed by atoms with Gasteiger partial charge in [-0.25, -0.2) is 0 Å². The fourth-order valence-corrected chi connectivity index (χ4v) is 2.92. The Kier molecular flexibility index (Phi) is 4.39. The highest BCUT2D eigenvalue weighted by atomic mass is 16.4. The summed E-state index contributed by atoms with van der Waals surface area (Å²) in [4.78, 5) is 23.2. The lowest BCUT2D eigenvalue weighted by Gasteiger charge is -2.31. The van der Waals surface area contributed by atoms with E-state index in [1.165, 1.54) is 6.42 Å². The number of aliphatic carboxylic acids is 1. The topological polar surface area (TPSA) is 69.2 Å². The highest BCUT2D eigenvalue weighted by Gasteiger charge is 2.31. The second-order valence-corrected chi connectivity index (χ2v) is 5.32. The Morgan fingerprint density at radius 3 is 2.22 bits per heavy atom. The highest BCUT2D eigenvalue weighted by molar-refractivity contribution is 5.84. The molecule has 0 saturated heterocycles. The van der Waals surface area contributed by atoms with Gasteiger partial charge in [-0.15, -0.1) is 0 Å². The average Bonchev–Trinajstić information content (AvgIpc) is 2.40. The summed E-state index contributed by atoms with van der Waals surface area (Å²) in [6.07, 6.45) is 10.2. The van der Waals surface area contributed by atoms with Gasteiger partial charge < -0.3 is 15.2 Å². The molecule has 2 aliphatic rings. The number of rotatable bonds is 3. The van der Waals surface area contributed by atoms with Gasteiger partial charge in [0.15, 0.2) is 0 Å². The van der Waals surface area contributed by atoms with Crippen LogP contribution in [0.1, 0.15) is 44.9 Å². The maximum Gasteiger partial charge on any atom is 0.224 e. The molecule has 1 saturated carbocycles. The van der Waals surface area contributed by atoms with Gasteiger partial charge in [-0.3, -0.25) is 4.79 Å². The molecule has 0 radical (unpaired) electrons. The maximum atomic E-state index is 12.1. The van der Waals surface area contributed by atoms with Gasteiger partial charge in [0.1, 0.15) is 0 Å². The van der Waals surface area contributed by atoms with Crippen LogP contribution in [-0.4, -0.2) is 17.9 Å². The first-order valence-corrected chi connectivity index (χ1v) is 6.84. The van der Waals surface area contributed by atoms with Crippen molar-refractivity contribution in [3.63, 3.8) is 0 Å². The fraction of sp³-hybridized carbons (Fsp3) is 0.714. The minimum Gasteiger partial charge on any atom is -0.550 e. The van der Waals surface area contributed by atoms with E-state index in [4.69, 9.17) is 0 Å². The minimum atomic E-state index is -1.11. The van der Waals surface area contributed by atoms with Crippen LogP contribution in [0.2, 0.25) is 0 Å². The summed E-state index contributed by atoms with van der Waals surface area (Å²) in [5.41, 5.74) is 0. The predicted molar refractivity (Wildman–Crippen MR) is 65.4 cm³/mol. The molecule has 2 rings (SSSR count). The molecule has 1 fully saturated rings. The van der Waals surface area contributed by atoms with E-state index < -0.39 is 17.8 Å². The van der Waals surface area contributed by atoms with E-state index in [-0.39, 0.29) is 11.9 Å². The molecular formula is C14H20NO3-. The molecular weight excluding hydrogens is 230 g/mol. The van der Waals surface area contributed by atoms with Gasteiger partial charge >= 0.3 is 0 Å². The Morgan fingerprint density at radius 2 is 1.61 bits per heavy atom. The Hall–Kier alpha value is -1.32. The van der Waals surface area contributed by atoms with Gasteiger partial charge in [-0.05, 0) is 25.7 Å². The number of hydrogen-bond donors (Lipinski definition) is 1. The summed E-state index contributed by atoms with van der Waals surface area (Å²) < 4.78 is 0. The van der Waals surface area contributed by atoms with Crippen molar-refractivity contribution >= 4 is 11.9 Å². The van der Waals surface area contributed by atoms with Gasteiger partial charge in [-0.1, -0.05) is 31.4 Å². The van der Waals surface area contributed by atoms with Crippen molar-refractivity contribution in [3.8, 4) is 0 Å². The van der Waals surface area contributed by atoms with Crippen molar-refractivity contribution in [3.05, 3.63) is 12.2 Å². The smallest absolute Gasteiger partial charge is 0.224 e. The number of allylic oxidation sites excluding steroid dienone is 2. The third kappa shape index (κ3) is 3.12. The van der Waals surface area contributed by atoms with Crippen molar-refractivity contribution in [2.24, 2.45) is 11.8 Å². The van der Waals surface area contributed by atoms with Gasteiger partial charge in [0.25, 0.3) is 0 Å². The number of carbonyl (C=O) groups excluding carboxylic acids is 2. The Bertz CT molecular complexity index is 345. The standard InChI is InChI=1S/C14H21NO3/c16-13(15-10-6-2-1-3-7-10)11-8-4-5-9-12(11)14(17)18/h4-5,10-12H,1-3,6-9H2,(H,15,16)(H,17,18)/p-1. The molecule has 0 bridgehead atoms. The van der Waals surface area contributed by atoms with Crippen LogP contribution in [-0.2, 0) is 9.59 Å². The SMILES string of the molecule is O=C([O-])C1CC=CCC1C(=O)NC1CCCCC1. The first-order valence-electron chi connectivity index (χ1n) is 6.84. The zero-order valence-corrected chi connectivity index (χ0v) is 10.6. The van der Waals surface area contributed by atoms with Gasteiger partial charge in [0.2, 0.25) is 5.91 Å². The van der Waals surface area contributed by atoms with E-state index >= 15 is 0 Å². The molecule has 18 heavy (non-hydrogen) atoms. The lowest BCUT2D eigenvalue weighted by Crippen LogP contribution is -2.46. The molecule has 1 N–H and O–H groups in total. The van der Waals surface area contributed by atoms with Crippen molar-refractivity contribution in [2.45, 2.75) is 51.0 Å². The largest absolute Gasteiger partial charge is 0.550 e. The number of nitrogens with one attached hydrogen (secondary N) is 1. The van der Waals surface area contributed by atoms with E-state index in [1.807, 2.05) is 12.2 Å². The van der Waals surface area contributed by atoms with Crippen molar-refractivity contribution in [1.29, 1.82) is 0 Å². The van der Waals surface area contributed by atoms with Gasteiger partial charge in [0, 0.05) is 23.8 Å². The first kappa shape index (κ1) is 13.1. The zero-order valence-electron chi connectivity index (χ0n) is 10.6. The third-order valence-corrected chi connectivity index (χ3v) is 4.02. The molecule has 0 heterocycles. The monoisotopic (exact) mass is 250 g/mol. The second kappa shape index (κ2) is 6.03. The summed E-state index contributed by atoms with van der Waals surface area (Å²) in [5, 5.41) is 14.0. The number of carbonyl (C=O) groups is 2. The summed E-state index contributed by atoms with van der Waals surface area (Å²) in [6.45, 7) is 0. The molecule has 4 heteroatoms. The van der Waals surface area contributed by atoms with Crippen molar-refractivity contribution in [2.75, 3.05) is 0 Å². The van der Waals surface area contributed by atoms with E-state index in [9.17, 15) is 14.7 Å². The van der Waals surface area contributed by atoms with Crippen molar-refractivity contribution in [1.82, 2.24) is 5.32 Å². The molecule has 0 spiro atoms. The lowest BCUT2D eigenvalue weighted by molar-refractivity contribution is -0.313. The van der Waals surface area contributed by atoms with Crippen LogP contribution in [0.3, 0.4) is 0 Å². The molecule has 1 amide bonds. The van der Waals surface area contributed by atoms with Crippen LogP contribution < -0.4 is 10.4 Å². The molecule has 0 aliphatic heterocycles. The van der Waals surface area contributed by atoms with Crippen LogP contribution in [0.4, 0.5) is 0 Å². The van der Waals surface area contributed by atoms with E-state index in [0.29, 0.717) is 12.8 Å². The Morgan fingerprint density at radius 1 is 1.00 bits per heavy atom. The van der Waals surface area contributed by atoms with Crippen LogP contribution in [0.25, 0.3) is 0 Å². The molecule has 2 unspecified atom stereocenters. The molecule has 2 atom stereocenters. The van der Waals surface area contributed by atoms with Crippen LogP contribution in [0.5, 0.6) is 0 Å². The zero-order chi connectivity index (χ0) is 13.0. The molecule has 4 nitrogen and oxygen atoms in total. The van der Waals surface area contributed by atoms with Crippen LogP contribution in [0, 0.1) is 11.8 Å². The van der Waals surface area contributed by atoms with Crippen molar-refractivity contribution < 1.29 is 14.7 Å².